The Balaban J connectivity index is 2.12. The molecule has 0 aliphatic rings. The standard InChI is InChI=1S/C15H17BrN4O/c1-3-6-17-14-8-13(18-9-19-14)15(21)20-12-5-4-11(16)7-10(12)2/h4-5,7-9H,3,6H2,1-2H3,(H,20,21)(H,17,18,19). The number of aryl methyl sites for hydroxylation is 1. The van der Waals surface area contributed by atoms with Gasteiger partial charge in [-0.15, -0.1) is 0 Å². The van der Waals surface area contributed by atoms with Gasteiger partial charge in [0.05, 0.1) is 0 Å². The molecular weight excluding hydrogens is 332 g/mol. The van der Waals surface area contributed by atoms with Crippen molar-refractivity contribution in [3.63, 3.8) is 0 Å². The molecule has 1 amide bonds. The van der Waals surface area contributed by atoms with Crippen LogP contribution in [0.1, 0.15) is 29.4 Å². The van der Waals surface area contributed by atoms with Gasteiger partial charge in [-0.05, 0) is 37.1 Å². The summed E-state index contributed by atoms with van der Waals surface area (Å²) in [4.78, 5) is 20.3. The molecule has 0 aliphatic heterocycles. The van der Waals surface area contributed by atoms with Crippen LogP contribution in [0.4, 0.5) is 11.5 Å². The van der Waals surface area contributed by atoms with Gasteiger partial charge in [0.2, 0.25) is 0 Å². The molecule has 6 heteroatoms. The Morgan fingerprint density at radius 2 is 2.10 bits per heavy atom. The smallest absolute Gasteiger partial charge is 0.274 e. The van der Waals surface area contributed by atoms with Gasteiger partial charge < -0.3 is 10.6 Å². The second-order valence-electron chi connectivity index (χ2n) is 4.63. The quantitative estimate of drug-likeness (QED) is 0.865. The fourth-order valence-corrected chi connectivity index (χ4v) is 2.26. The third-order valence-corrected chi connectivity index (χ3v) is 3.39. The van der Waals surface area contributed by atoms with Crippen molar-refractivity contribution in [2.24, 2.45) is 0 Å². The number of anilines is 2. The second kappa shape index (κ2) is 7.17. The molecule has 1 aromatic heterocycles. The number of nitrogens with one attached hydrogen (secondary N) is 2. The van der Waals surface area contributed by atoms with Crippen LogP contribution in [0, 0.1) is 6.92 Å². The van der Waals surface area contributed by atoms with Crippen molar-refractivity contribution < 1.29 is 4.79 Å². The van der Waals surface area contributed by atoms with Crippen LogP contribution in [0.15, 0.2) is 35.1 Å². The average molecular weight is 349 g/mol. The van der Waals surface area contributed by atoms with Gasteiger partial charge >= 0.3 is 0 Å². The lowest BCUT2D eigenvalue weighted by molar-refractivity contribution is 0.102. The summed E-state index contributed by atoms with van der Waals surface area (Å²) < 4.78 is 0.978. The van der Waals surface area contributed by atoms with E-state index in [4.69, 9.17) is 0 Å². The van der Waals surface area contributed by atoms with E-state index in [1.807, 2.05) is 25.1 Å². The van der Waals surface area contributed by atoms with Gasteiger partial charge in [-0.2, -0.15) is 0 Å². The minimum Gasteiger partial charge on any atom is -0.370 e. The van der Waals surface area contributed by atoms with Gasteiger partial charge in [0.1, 0.15) is 17.8 Å². The molecule has 0 saturated heterocycles. The number of hydrogen-bond acceptors (Lipinski definition) is 4. The Morgan fingerprint density at radius 1 is 1.29 bits per heavy atom. The zero-order valence-corrected chi connectivity index (χ0v) is 13.6. The Kier molecular flexibility index (Phi) is 5.27. The summed E-state index contributed by atoms with van der Waals surface area (Å²) >= 11 is 3.40. The molecule has 110 valence electrons. The number of amides is 1. The Morgan fingerprint density at radius 3 is 2.81 bits per heavy atom. The van der Waals surface area contributed by atoms with Crippen LogP contribution in [-0.4, -0.2) is 22.4 Å². The van der Waals surface area contributed by atoms with Crippen molar-refractivity contribution in [3.05, 3.63) is 46.3 Å². The number of carbonyl (C=O) groups excluding carboxylic acids is 1. The summed E-state index contributed by atoms with van der Waals surface area (Å²) in [6.07, 6.45) is 2.38. The van der Waals surface area contributed by atoms with E-state index in [2.05, 4.69) is 43.5 Å². The molecule has 2 rings (SSSR count). The molecule has 5 nitrogen and oxygen atoms in total. The van der Waals surface area contributed by atoms with Gasteiger partial charge in [-0.1, -0.05) is 22.9 Å². The fraction of sp³-hybridized carbons (Fsp3) is 0.267. The molecular formula is C15H17BrN4O. The van der Waals surface area contributed by atoms with Gasteiger partial charge in [0.15, 0.2) is 0 Å². The monoisotopic (exact) mass is 348 g/mol. The molecule has 0 bridgehead atoms. The largest absolute Gasteiger partial charge is 0.370 e. The lowest BCUT2D eigenvalue weighted by atomic mass is 10.2. The topological polar surface area (TPSA) is 66.9 Å². The highest BCUT2D eigenvalue weighted by atomic mass is 79.9. The summed E-state index contributed by atoms with van der Waals surface area (Å²) in [6, 6.07) is 7.34. The van der Waals surface area contributed by atoms with Crippen molar-refractivity contribution in [3.8, 4) is 0 Å². The van der Waals surface area contributed by atoms with Crippen molar-refractivity contribution in [2.75, 3.05) is 17.2 Å². The first-order valence-electron chi connectivity index (χ1n) is 6.73. The van der Waals surface area contributed by atoms with Crippen LogP contribution >= 0.6 is 15.9 Å². The molecule has 0 fully saturated rings. The number of hydrogen-bond donors (Lipinski definition) is 2. The van der Waals surface area contributed by atoms with E-state index in [0.29, 0.717) is 11.5 Å². The number of carbonyl (C=O) groups is 1. The van der Waals surface area contributed by atoms with E-state index >= 15 is 0 Å². The minimum absolute atomic E-state index is 0.248. The predicted octanol–water partition coefficient (Wildman–Crippen LogP) is 3.62. The van der Waals surface area contributed by atoms with Crippen LogP contribution < -0.4 is 10.6 Å². The number of halogens is 1. The van der Waals surface area contributed by atoms with E-state index in [1.165, 1.54) is 6.33 Å². The molecule has 1 aromatic carbocycles. The van der Waals surface area contributed by atoms with Crippen LogP contribution in [-0.2, 0) is 0 Å². The number of nitrogens with zero attached hydrogens (tertiary/aromatic N) is 2. The summed E-state index contributed by atoms with van der Waals surface area (Å²) in [5, 5.41) is 5.99. The van der Waals surface area contributed by atoms with Gasteiger partial charge in [-0.3, -0.25) is 4.79 Å². The minimum atomic E-state index is -0.248. The number of benzene rings is 1. The van der Waals surface area contributed by atoms with Crippen LogP contribution in [0.2, 0.25) is 0 Å². The Hall–Kier alpha value is -1.95. The molecule has 21 heavy (non-hydrogen) atoms. The molecule has 0 saturated carbocycles. The van der Waals surface area contributed by atoms with Crippen molar-refractivity contribution in [1.82, 2.24) is 9.97 Å². The fourth-order valence-electron chi connectivity index (χ4n) is 1.78. The average Bonchev–Trinajstić information content (AvgIpc) is 2.48. The molecule has 2 aromatic rings. The first-order valence-corrected chi connectivity index (χ1v) is 7.53. The highest BCUT2D eigenvalue weighted by molar-refractivity contribution is 9.10. The first-order chi connectivity index (χ1) is 10.1. The van der Waals surface area contributed by atoms with Crippen molar-refractivity contribution >= 4 is 33.3 Å². The summed E-state index contributed by atoms with van der Waals surface area (Å²) in [7, 11) is 0. The normalized spacial score (nSPS) is 10.2. The van der Waals surface area contributed by atoms with Gasteiger partial charge in [-0.25, -0.2) is 9.97 Å². The van der Waals surface area contributed by atoms with Crippen molar-refractivity contribution in [2.45, 2.75) is 20.3 Å². The van der Waals surface area contributed by atoms with Gasteiger partial charge in [0, 0.05) is 22.8 Å². The highest BCUT2D eigenvalue weighted by Gasteiger charge is 2.10. The molecule has 0 spiro atoms. The van der Waals surface area contributed by atoms with Crippen molar-refractivity contribution in [1.29, 1.82) is 0 Å². The summed E-state index contributed by atoms with van der Waals surface area (Å²) in [5.41, 5.74) is 2.09. The molecule has 0 atom stereocenters. The maximum atomic E-state index is 12.2. The van der Waals surface area contributed by atoms with Crippen LogP contribution in [0.3, 0.4) is 0 Å². The van der Waals surface area contributed by atoms with E-state index in [9.17, 15) is 4.79 Å². The lowest BCUT2D eigenvalue weighted by Crippen LogP contribution is -2.15. The predicted molar refractivity (Wildman–Crippen MR) is 87.6 cm³/mol. The van der Waals surface area contributed by atoms with Gasteiger partial charge in [0.25, 0.3) is 5.91 Å². The molecule has 0 radical (unpaired) electrons. The molecule has 2 N–H and O–H groups in total. The first kappa shape index (κ1) is 15.4. The third kappa shape index (κ3) is 4.26. The zero-order chi connectivity index (χ0) is 15.2. The molecule has 0 aliphatic carbocycles. The van der Waals surface area contributed by atoms with E-state index in [1.54, 1.807) is 6.07 Å². The maximum Gasteiger partial charge on any atom is 0.274 e. The molecule has 0 unspecified atom stereocenters. The van der Waals surface area contributed by atoms with E-state index in [0.717, 1.165) is 28.7 Å². The second-order valence-corrected chi connectivity index (χ2v) is 5.54. The SMILES string of the molecule is CCCNc1cc(C(=O)Nc2ccc(Br)cc2C)ncn1. The highest BCUT2D eigenvalue weighted by Crippen LogP contribution is 2.20. The maximum absolute atomic E-state index is 12.2. The Labute approximate surface area is 132 Å². The van der Waals surface area contributed by atoms with E-state index in [-0.39, 0.29) is 5.91 Å². The number of rotatable bonds is 5. The zero-order valence-electron chi connectivity index (χ0n) is 12.0. The number of aromatic nitrogens is 2. The summed E-state index contributed by atoms with van der Waals surface area (Å²) in [6.45, 7) is 4.82. The van der Waals surface area contributed by atoms with Crippen LogP contribution in [0.25, 0.3) is 0 Å². The summed E-state index contributed by atoms with van der Waals surface area (Å²) in [5.74, 6) is 0.409. The Bertz CT molecular complexity index is 645. The third-order valence-electron chi connectivity index (χ3n) is 2.89. The lowest BCUT2D eigenvalue weighted by Gasteiger charge is -2.09. The molecule has 1 heterocycles. The van der Waals surface area contributed by atoms with Crippen LogP contribution in [0.5, 0.6) is 0 Å². The van der Waals surface area contributed by atoms with E-state index < -0.39 is 0 Å².